The molecule has 3 nitrogen and oxygen atoms in total. The van der Waals surface area contributed by atoms with E-state index in [1.54, 1.807) is 7.11 Å². The molecule has 1 rings (SSSR count). The first kappa shape index (κ1) is 12.9. The third-order valence-corrected chi connectivity index (χ3v) is 3.13. The van der Waals surface area contributed by atoms with Crippen molar-refractivity contribution >= 4 is 0 Å². The Bertz CT molecular complexity index is 164. The molecule has 0 radical (unpaired) electrons. The van der Waals surface area contributed by atoms with Gasteiger partial charge >= 0.3 is 0 Å². The quantitative estimate of drug-likeness (QED) is 0.704. The lowest BCUT2D eigenvalue weighted by Gasteiger charge is -2.26. The second-order valence-electron chi connectivity index (χ2n) is 4.91. The molecule has 2 N–H and O–H groups in total. The third-order valence-electron chi connectivity index (χ3n) is 3.13. The largest absolute Gasteiger partial charge is 0.393 e. The van der Waals surface area contributed by atoms with Crippen LogP contribution in [0.4, 0.5) is 0 Å². The molecule has 0 aromatic heterocycles. The normalized spacial score (nSPS) is 29.0. The lowest BCUT2D eigenvalue weighted by molar-refractivity contribution is 0.0993. The van der Waals surface area contributed by atoms with Crippen molar-refractivity contribution in [1.82, 2.24) is 5.32 Å². The first-order valence-corrected chi connectivity index (χ1v) is 6.10. The molecule has 3 atom stereocenters. The number of ether oxygens (including phenoxy) is 1. The Morgan fingerprint density at radius 2 is 2.27 bits per heavy atom. The number of rotatable bonds is 6. The minimum Gasteiger partial charge on any atom is -0.393 e. The highest BCUT2D eigenvalue weighted by molar-refractivity contribution is 4.74. The van der Waals surface area contributed by atoms with E-state index in [9.17, 15) is 5.11 Å². The molecule has 0 aliphatic heterocycles. The second-order valence-corrected chi connectivity index (χ2v) is 4.91. The van der Waals surface area contributed by atoms with Gasteiger partial charge in [0.25, 0.3) is 0 Å². The van der Waals surface area contributed by atoms with E-state index in [-0.39, 0.29) is 6.10 Å². The van der Waals surface area contributed by atoms with Crippen LogP contribution in [-0.2, 0) is 4.74 Å². The Kier molecular flexibility index (Phi) is 6.22. The van der Waals surface area contributed by atoms with Gasteiger partial charge in [-0.25, -0.2) is 0 Å². The molecule has 0 heterocycles. The number of hydrogen-bond donors (Lipinski definition) is 2. The molecule has 1 fully saturated rings. The minimum absolute atomic E-state index is 0.0538. The summed E-state index contributed by atoms with van der Waals surface area (Å²) in [6.07, 6.45) is 4.37. The maximum Gasteiger partial charge on any atom is 0.0543 e. The molecule has 1 aliphatic rings. The van der Waals surface area contributed by atoms with E-state index >= 15 is 0 Å². The van der Waals surface area contributed by atoms with Crippen LogP contribution in [0.2, 0.25) is 0 Å². The summed E-state index contributed by atoms with van der Waals surface area (Å²) in [4.78, 5) is 0. The van der Waals surface area contributed by atoms with Gasteiger partial charge in [-0.15, -0.1) is 0 Å². The molecule has 0 bridgehead atoms. The summed E-state index contributed by atoms with van der Waals surface area (Å²) in [5.74, 6) is 1.24. The molecule has 0 spiro atoms. The Balaban J connectivity index is 2.03. The van der Waals surface area contributed by atoms with E-state index in [0.29, 0.717) is 11.8 Å². The fourth-order valence-electron chi connectivity index (χ4n) is 2.33. The number of hydrogen-bond acceptors (Lipinski definition) is 3. The van der Waals surface area contributed by atoms with Gasteiger partial charge in [-0.3, -0.25) is 0 Å². The molecule has 15 heavy (non-hydrogen) atoms. The van der Waals surface area contributed by atoms with E-state index < -0.39 is 0 Å². The summed E-state index contributed by atoms with van der Waals surface area (Å²) in [5.41, 5.74) is 0. The third kappa shape index (κ3) is 5.50. The van der Waals surface area contributed by atoms with Crippen molar-refractivity contribution in [3.8, 4) is 0 Å². The van der Waals surface area contributed by atoms with Crippen molar-refractivity contribution in [3.05, 3.63) is 0 Å². The molecular formula is C12H25NO2. The van der Waals surface area contributed by atoms with Crippen LogP contribution < -0.4 is 5.32 Å². The van der Waals surface area contributed by atoms with Crippen molar-refractivity contribution in [2.75, 3.05) is 26.8 Å². The van der Waals surface area contributed by atoms with Crippen LogP contribution in [0.3, 0.4) is 0 Å². The zero-order valence-corrected chi connectivity index (χ0v) is 10.0. The van der Waals surface area contributed by atoms with Crippen LogP contribution in [0.1, 0.15) is 32.6 Å². The van der Waals surface area contributed by atoms with Gasteiger partial charge in [-0.1, -0.05) is 13.3 Å². The van der Waals surface area contributed by atoms with Gasteiger partial charge in [-0.2, -0.15) is 0 Å². The monoisotopic (exact) mass is 215 g/mol. The summed E-state index contributed by atoms with van der Waals surface area (Å²) >= 11 is 0. The lowest BCUT2D eigenvalue weighted by Crippen LogP contribution is -2.32. The molecule has 90 valence electrons. The van der Waals surface area contributed by atoms with Crippen molar-refractivity contribution in [2.45, 2.75) is 38.7 Å². The van der Waals surface area contributed by atoms with Crippen LogP contribution in [0.25, 0.3) is 0 Å². The summed E-state index contributed by atoms with van der Waals surface area (Å²) in [6.45, 7) is 5.07. The predicted molar refractivity (Wildman–Crippen MR) is 61.9 cm³/mol. The van der Waals surface area contributed by atoms with E-state index in [2.05, 4.69) is 12.2 Å². The van der Waals surface area contributed by atoms with E-state index in [1.165, 1.54) is 12.8 Å². The average molecular weight is 215 g/mol. The van der Waals surface area contributed by atoms with Crippen LogP contribution in [0, 0.1) is 11.8 Å². The van der Waals surface area contributed by atoms with Crippen LogP contribution in [0.5, 0.6) is 0 Å². The fraction of sp³-hybridized carbons (Fsp3) is 1.00. The van der Waals surface area contributed by atoms with Crippen LogP contribution >= 0.6 is 0 Å². The molecule has 1 aliphatic carbocycles. The number of aliphatic hydroxyl groups excluding tert-OH is 1. The molecular weight excluding hydrogens is 190 g/mol. The van der Waals surface area contributed by atoms with Gasteiger partial charge in [0, 0.05) is 13.7 Å². The minimum atomic E-state index is -0.0538. The van der Waals surface area contributed by atoms with Crippen molar-refractivity contribution in [1.29, 1.82) is 0 Å². The van der Waals surface area contributed by atoms with Crippen LogP contribution in [0.15, 0.2) is 0 Å². The highest BCUT2D eigenvalue weighted by atomic mass is 16.5. The standard InChI is InChI=1S/C12H25NO2/c1-10(9-15-2)7-13-8-11-4-3-5-12(14)6-11/h10-14H,3-9H2,1-2H3. The second kappa shape index (κ2) is 7.20. The van der Waals surface area contributed by atoms with Crippen molar-refractivity contribution in [3.63, 3.8) is 0 Å². The highest BCUT2D eigenvalue weighted by Crippen LogP contribution is 2.23. The first-order chi connectivity index (χ1) is 7.22. The Morgan fingerprint density at radius 1 is 1.47 bits per heavy atom. The zero-order chi connectivity index (χ0) is 11.1. The number of nitrogens with one attached hydrogen (secondary N) is 1. The molecule has 0 aromatic rings. The van der Waals surface area contributed by atoms with Gasteiger partial charge in [-0.05, 0) is 44.2 Å². The number of aliphatic hydroxyl groups is 1. The summed E-state index contributed by atoms with van der Waals surface area (Å²) in [7, 11) is 1.74. The Hall–Kier alpha value is -0.120. The van der Waals surface area contributed by atoms with E-state index in [0.717, 1.165) is 32.5 Å². The smallest absolute Gasteiger partial charge is 0.0543 e. The lowest BCUT2D eigenvalue weighted by atomic mass is 9.87. The molecule has 3 heteroatoms. The van der Waals surface area contributed by atoms with Gasteiger partial charge in [0.1, 0.15) is 0 Å². The van der Waals surface area contributed by atoms with Crippen molar-refractivity contribution < 1.29 is 9.84 Å². The van der Waals surface area contributed by atoms with Crippen molar-refractivity contribution in [2.24, 2.45) is 11.8 Å². The molecule has 0 saturated heterocycles. The highest BCUT2D eigenvalue weighted by Gasteiger charge is 2.19. The van der Waals surface area contributed by atoms with Gasteiger partial charge < -0.3 is 15.2 Å². The summed E-state index contributed by atoms with van der Waals surface area (Å²) < 4.78 is 5.08. The molecule has 0 amide bonds. The molecule has 3 unspecified atom stereocenters. The maximum atomic E-state index is 9.52. The van der Waals surface area contributed by atoms with Gasteiger partial charge in [0.15, 0.2) is 0 Å². The van der Waals surface area contributed by atoms with Crippen LogP contribution in [-0.4, -0.2) is 38.0 Å². The van der Waals surface area contributed by atoms with Gasteiger partial charge in [0.05, 0.1) is 6.10 Å². The topological polar surface area (TPSA) is 41.5 Å². The Labute approximate surface area is 93.2 Å². The number of methoxy groups -OCH3 is 1. The van der Waals surface area contributed by atoms with E-state index in [4.69, 9.17) is 4.74 Å². The molecule has 1 saturated carbocycles. The SMILES string of the molecule is COCC(C)CNCC1CCCC(O)C1. The molecule has 0 aromatic carbocycles. The average Bonchev–Trinajstić information content (AvgIpc) is 2.18. The zero-order valence-electron chi connectivity index (χ0n) is 10.0. The summed E-state index contributed by atoms with van der Waals surface area (Å²) in [6, 6.07) is 0. The predicted octanol–water partition coefficient (Wildman–Crippen LogP) is 1.41. The van der Waals surface area contributed by atoms with E-state index in [1.807, 2.05) is 0 Å². The Morgan fingerprint density at radius 3 is 2.93 bits per heavy atom. The first-order valence-electron chi connectivity index (χ1n) is 6.10. The van der Waals surface area contributed by atoms with Gasteiger partial charge in [0.2, 0.25) is 0 Å². The summed E-state index contributed by atoms with van der Waals surface area (Å²) in [5, 5.41) is 13.0. The fourth-order valence-corrected chi connectivity index (χ4v) is 2.33. The maximum absolute atomic E-state index is 9.52.